The van der Waals surface area contributed by atoms with E-state index in [-0.39, 0.29) is 48.9 Å². The number of benzene rings is 4. The number of nitrogens with zero attached hydrogens (tertiary/aromatic N) is 2. The van der Waals surface area contributed by atoms with Gasteiger partial charge in [0.05, 0.1) is 5.76 Å². The van der Waals surface area contributed by atoms with E-state index < -0.39 is 0 Å². The van der Waals surface area contributed by atoms with Gasteiger partial charge in [-0.2, -0.15) is 4.98 Å². The van der Waals surface area contributed by atoms with Crippen LogP contribution in [0.5, 0.6) is 0 Å². The molecule has 0 aliphatic heterocycles. The van der Waals surface area contributed by atoms with Crippen molar-refractivity contribution in [1.82, 2.24) is 9.97 Å². The van der Waals surface area contributed by atoms with E-state index in [1.807, 2.05) is 46.8 Å². The average molecular weight is 820 g/mol. The zero-order chi connectivity index (χ0) is 33.9. The second-order valence-electron chi connectivity index (χ2n) is 13.5. The third kappa shape index (κ3) is 7.56. The van der Waals surface area contributed by atoms with E-state index in [0.717, 1.165) is 69.5 Å². The second-order valence-corrected chi connectivity index (χ2v) is 13.5. The zero-order valence-electron chi connectivity index (χ0n) is 29.4. The summed E-state index contributed by atoms with van der Waals surface area (Å²) < 4.78 is 6.33. The molecule has 2 heterocycles. The molecule has 6 rings (SSSR count). The van der Waals surface area contributed by atoms with Gasteiger partial charge >= 0.3 is 0 Å². The molecule has 2 aromatic heterocycles. The minimum absolute atomic E-state index is 0. The van der Waals surface area contributed by atoms with Crippen LogP contribution in [0.3, 0.4) is 0 Å². The van der Waals surface area contributed by atoms with Crippen LogP contribution in [0.2, 0.25) is 0 Å². The van der Waals surface area contributed by atoms with Gasteiger partial charge in [-0.1, -0.05) is 114 Å². The molecule has 5 nitrogen and oxygen atoms in total. The Morgan fingerprint density at radius 3 is 2.12 bits per heavy atom. The van der Waals surface area contributed by atoms with Crippen molar-refractivity contribution in [3.05, 3.63) is 96.0 Å². The van der Waals surface area contributed by atoms with E-state index in [0.29, 0.717) is 11.5 Å². The molecule has 0 atom stereocenters. The number of aliphatic hydroxyl groups excluding tert-OH is 1. The van der Waals surface area contributed by atoms with Crippen LogP contribution < -0.4 is 0 Å². The van der Waals surface area contributed by atoms with Gasteiger partial charge in [0.1, 0.15) is 11.4 Å². The first-order valence-electron chi connectivity index (χ1n) is 17.0. The van der Waals surface area contributed by atoms with Gasteiger partial charge in [-0.05, 0) is 43.4 Å². The number of carbonyl (C=O) groups excluding carboxylic acids is 1. The molecule has 48 heavy (non-hydrogen) atoms. The molecule has 1 N–H and O–H groups in total. The smallest absolute Gasteiger partial charge is 0.223 e. The van der Waals surface area contributed by atoms with E-state index in [9.17, 15) is 9.90 Å². The maximum atomic E-state index is 11.7. The van der Waals surface area contributed by atoms with Crippen LogP contribution in [0.25, 0.3) is 54.9 Å². The molecule has 0 aliphatic rings. The summed E-state index contributed by atoms with van der Waals surface area (Å²) in [5.74, 6) is 1.24. The third-order valence-corrected chi connectivity index (χ3v) is 9.26. The molecule has 253 valence electrons. The topological polar surface area (TPSA) is 76.2 Å². The maximum absolute atomic E-state index is 11.7. The van der Waals surface area contributed by atoms with Crippen molar-refractivity contribution < 1.29 is 34.4 Å². The Labute approximate surface area is 298 Å². The van der Waals surface area contributed by atoms with E-state index >= 15 is 0 Å². The molecule has 0 amide bonds. The number of hydrogen-bond donors (Lipinski definition) is 1. The summed E-state index contributed by atoms with van der Waals surface area (Å²) in [6, 6.07) is 26.9. The predicted molar refractivity (Wildman–Crippen MR) is 196 cm³/mol. The normalized spacial score (nSPS) is 12.2. The number of allylic oxidation sites excluding steroid dienone is 2. The minimum atomic E-state index is -0.0146. The van der Waals surface area contributed by atoms with Crippen molar-refractivity contribution in [2.45, 2.75) is 86.5 Å². The van der Waals surface area contributed by atoms with Gasteiger partial charge in [0.15, 0.2) is 5.78 Å². The first kappa shape index (κ1) is 37.0. The van der Waals surface area contributed by atoms with Crippen LogP contribution in [-0.4, -0.2) is 20.9 Å². The van der Waals surface area contributed by atoms with Gasteiger partial charge < -0.3 is 9.52 Å². The third-order valence-electron chi connectivity index (χ3n) is 9.26. The Morgan fingerprint density at radius 1 is 0.854 bits per heavy atom. The number of ketones is 1. The standard InChI is InChI=1S/C29H23N2O.C13H24O2.Ir/c1-17-30-26(20-15-19-10-6-7-11-21(19)24(16-20)29(2,3)4)25-23-14-13-18-9-5-8-12-22(18)27(23)32-28(25)31-17;1-5-10(6-2)12(14)9-13(15)11(7-3)8-4;/h5-14,16H,1-4H3;9-11,14H,5-8H2,1-4H3;/q-1;;/b;12-9-;. The van der Waals surface area contributed by atoms with E-state index in [1.54, 1.807) is 0 Å². The molecular formula is C42H47IrN2O3-. The predicted octanol–water partition coefficient (Wildman–Crippen LogP) is 11.6. The van der Waals surface area contributed by atoms with Crippen molar-refractivity contribution >= 4 is 49.4 Å². The van der Waals surface area contributed by atoms with Crippen molar-refractivity contribution in [3.63, 3.8) is 0 Å². The summed E-state index contributed by atoms with van der Waals surface area (Å²) in [5, 5.41) is 16.3. The average Bonchev–Trinajstić information content (AvgIpc) is 3.43. The molecule has 0 spiro atoms. The zero-order valence-corrected chi connectivity index (χ0v) is 31.8. The summed E-state index contributed by atoms with van der Waals surface area (Å²) in [7, 11) is 0. The first-order valence-corrected chi connectivity index (χ1v) is 17.0. The Balaban J connectivity index is 0.000000279. The molecule has 0 fully saturated rings. The van der Waals surface area contributed by atoms with Crippen molar-refractivity contribution in [2.24, 2.45) is 11.8 Å². The van der Waals surface area contributed by atoms with Crippen LogP contribution >= 0.6 is 0 Å². The molecule has 0 saturated heterocycles. The number of furan rings is 1. The van der Waals surface area contributed by atoms with Gasteiger partial charge in [0.25, 0.3) is 0 Å². The van der Waals surface area contributed by atoms with Crippen LogP contribution in [0.15, 0.2) is 83.0 Å². The Kier molecular flexibility index (Phi) is 12.0. The van der Waals surface area contributed by atoms with Crippen LogP contribution in [0.4, 0.5) is 0 Å². The number of fused-ring (bicyclic) bond motifs is 6. The molecule has 1 radical (unpaired) electrons. The number of aromatic nitrogens is 2. The van der Waals surface area contributed by atoms with E-state index in [4.69, 9.17) is 9.40 Å². The van der Waals surface area contributed by atoms with E-state index in [1.165, 1.54) is 17.0 Å². The fourth-order valence-corrected chi connectivity index (χ4v) is 6.46. The molecule has 0 saturated carbocycles. The molecule has 6 aromatic rings. The quantitative estimate of drug-likeness (QED) is 0.0940. The van der Waals surface area contributed by atoms with Crippen LogP contribution in [-0.2, 0) is 30.3 Å². The first-order chi connectivity index (χ1) is 22.5. The van der Waals surface area contributed by atoms with Crippen molar-refractivity contribution in [2.75, 3.05) is 0 Å². The molecule has 0 bridgehead atoms. The van der Waals surface area contributed by atoms with Crippen LogP contribution in [0, 0.1) is 24.8 Å². The van der Waals surface area contributed by atoms with Crippen molar-refractivity contribution in [3.8, 4) is 11.3 Å². The molecule has 0 unspecified atom stereocenters. The van der Waals surface area contributed by atoms with Gasteiger partial charge in [0.2, 0.25) is 5.71 Å². The molecule has 6 heteroatoms. The summed E-state index contributed by atoms with van der Waals surface area (Å²) in [5.41, 5.74) is 4.59. The summed E-state index contributed by atoms with van der Waals surface area (Å²) in [4.78, 5) is 21.3. The van der Waals surface area contributed by atoms with E-state index in [2.05, 4.69) is 86.4 Å². The van der Waals surface area contributed by atoms with Crippen molar-refractivity contribution in [1.29, 1.82) is 0 Å². The molecule has 4 aromatic carbocycles. The monoisotopic (exact) mass is 820 g/mol. The van der Waals surface area contributed by atoms with Gasteiger partial charge in [-0.25, -0.2) is 0 Å². The van der Waals surface area contributed by atoms with Gasteiger partial charge in [-0.3, -0.25) is 9.78 Å². The Morgan fingerprint density at radius 2 is 1.48 bits per heavy atom. The fourth-order valence-electron chi connectivity index (χ4n) is 6.46. The van der Waals surface area contributed by atoms with Gasteiger partial charge in [0, 0.05) is 59.9 Å². The van der Waals surface area contributed by atoms with Crippen LogP contribution in [0.1, 0.15) is 85.5 Å². The Hall–Kier alpha value is -3.86. The number of aryl methyl sites for hydroxylation is 1. The number of carbonyl (C=O) groups is 1. The number of aliphatic hydroxyl groups is 1. The maximum Gasteiger partial charge on any atom is 0.223 e. The summed E-state index contributed by atoms with van der Waals surface area (Å²) in [6.45, 7) is 16.7. The summed E-state index contributed by atoms with van der Waals surface area (Å²) >= 11 is 0. The number of rotatable bonds is 8. The largest absolute Gasteiger partial charge is 0.512 e. The molecule has 0 aliphatic carbocycles. The minimum Gasteiger partial charge on any atom is -0.512 e. The second kappa shape index (κ2) is 15.6. The Bertz CT molecular complexity index is 2080. The number of hydrogen-bond acceptors (Lipinski definition) is 5. The van der Waals surface area contributed by atoms with Gasteiger partial charge in [-0.15, -0.1) is 29.1 Å². The SMILES string of the molecule is CCC(CC)C(=O)/C=C(\O)C(CC)CC.Cc1nc(-c2[c-]c3ccccc3c(C(C)(C)C)c2)c2c(n1)oc1c3ccccc3ccc12.[Ir]. The summed E-state index contributed by atoms with van der Waals surface area (Å²) in [6.07, 6.45) is 4.91. The molecular weight excluding hydrogens is 773 g/mol. The fraction of sp³-hybridized carbons (Fsp3) is 0.357.